The van der Waals surface area contributed by atoms with Crippen molar-refractivity contribution in [1.82, 2.24) is 5.32 Å². The van der Waals surface area contributed by atoms with Crippen molar-refractivity contribution in [2.75, 3.05) is 32.2 Å². The average Bonchev–Trinajstić information content (AvgIpc) is 2.61. The maximum Gasteiger partial charge on any atom is 0.262 e. The number of halogens is 1. The van der Waals surface area contributed by atoms with Gasteiger partial charge in [-0.15, -0.1) is 0 Å². The van der Waals surface area contributed by atoms with Crippen molar-refractivity contribution in [1.29, 1.82) is 0 Å². The number of carbonyl (C=O) groups is 2. The third kappa shape index (κ3) is 6.08. The summed E-state index contributed by atoms with van der Waals surface area (Å²) in [6.07, 6.45) is 0. The van der Waals surface area contributed by atoms with Crippen molar-refractivity contribution in [3.8, 4) is 5.75 Å². The van der Waals surface area contributed by atoms with Gasteiger partial charge < -0.3 is 20.1 Å². The number of para-hydroxylation sites is 1. The van der Waals surface area contributed by atoms with Gasteiger partial charge in [-0.3, -0.25) is 9.59 Å². The van der Waals surface area contributed by atoms with Crippen LogP contribution in [-0.4, -0.2) is 38.7 Å². The number of ether oxygens (including phenoxy) is 2. The minimum Gasteiger partial charge on any atom is -0.483 e. The zero-order valence-corrected chi connectivity index (χ0v) is 17.2. The minimum atomic E-state index is -0.339. The van der Waals surface area contributed by atoms with Crippen molar-refractivity contribution >= 4 is 33.4 Å². The summed E-state index contributed by atoms with van der Waals surface area (Å²) in [5.74, 6) is 0.0660. The second-order valence-electron chi connectivity index (χ2n) is 6.00. The fraction of sp³-hybridized carbons (Fsp3) is 0.300. The minimum absolute atomic E-state index is 0.150. The van der Waals surface area contributed by atoms with E-state index < -0.39 is 0 Å². The third-order valence-electron chi connectivity index (χ3n) is 3.81. The molecule has 2 aromatic rings. The summed E-state index contributed by atoms with van der Waals surface area (Å²) in [7, 11) is 1.56. The van der Waals surface area contributed by atoms with Crippen LogP contribution in [0.3, 0.4) is 0 Å². The summed E-state index contributed by atoms with van der Waals surface area (Å²) in [6.45, 7) is 4.50. The molecule has 0 spiro atoms. The van der Waals surface area contributed by atoms with Crippen molar-refractivity contribution in [2.24, 2.45) is 0 Å². The summed E-state index contributed by atoms with van der Waals surface area (Å²) >= 11 is 3.43. The SMILES string of the molecule is COCCNC(=O)c1ccccc1NC(=O)COc1c(C)cc(Br)cc1C. The van der Waals surface area contributed by atoms with Gasteiger partial charge >= 0.3 is 0 Å². The number of anilines is 1. The number of amides is 2. The van der Waals surface area contributed by atoms with Gasteiger partial charge in [0.05, 0.1) is 17.9 Å². The number of nitrogens with one attached hydrogen (secondary N) is 2. The van der Waals surface area contributed by atoms with Crippen molar-refractivity contribution in [3.05, 3.63) is 57.6 Å². The molecule has 0 heterocycles. The zero-order chi connectivity index (χ0) is 19.8. The number of methoxy groups -OCH3 is 1. The Kier molecular flexibility index (Phi) is 7.82. The Bertz CT molecular complexity index is 800. The van der Waals surface area contributed by atoms with Gasteiger partial charge in [-0.1, -0.05) is 28.1 Å². The van der Waals surface area contributed by atoms with Crippen LogP contribution in [0.15, 0.2) is 40.9 Å². The second-order valence-corrected chi connectivity index (χ2v) is 6.92. The molecule has 2 rings (SSSR count). The molecule has 7 heteroatoms. The van der Waals surface area contributed by atoms with Gasteiger partial charge in [-0.05, 0) is 49.2 Å². The van der Waals surface area contributed by atoms with Crippen molar-refractivity contribution in [3.63, 3.8) is 0 Å². The van der Waals surface area contributed by atoms with Crippen LogP contribution in [0, 0.1) is 13.8 Å². The number of hydrogen-bond acceptors (Lipinski definition) is 4. The lowest BCUT2D eigenvalue weighted by atomic mass is 10.1. The standard InChI is InChI=1S/C20H23BrN2O4/c1-13-10-15(21)11-14(2)19(13)27-12-18(24)23-17-7-5-4-6-16(17)20(25)22-8-9-26-3/h4-7,10-11H,8-9,12H2,1-3H3,(H,22,25)(H,23,24). The molecule has 0 fully saturated rings. The Morgan fingerprint density at radius 2 is 1.78 bits per heavy atom. The van der Waals surface area contributed by atoms with Crippen LogP contribution in [-0.2, 0) is 9.53 Å². The molecule has 0 aliphatic heterocycles. The molecule has 0 radical (unpaired) electrons. The maximum atomic E-state index is 12.3. The Morgan fingerprint density at radius 3 is 2.44 bits per heavy atom. The summed E-state index contributed by atoms with van der Waals surface area (Å²) < 4.78 is 11.6. The Labute approximate surface area is 167 Å². The first-order valence-corrected chi connectivity index (χ1v) is 9.27. The number of hydrogen-bond donors (Lipinski definition) is 2. The molecule has 0 saturated heterocycles. The average molecular weight is 435 g/mol. The molecule has 0 bridgehead atoms. The topological polar surface area (TPSA) is 76.7 Å². The van der Waals surface area contributed by atoms with Gasteiger partial charge in [0, 0.05) is 18.1 Å². The van der Waals surface area contributed by atoms with E-state index in [0.717, 1.165) is 15.6 Å². The van der Waals surface area contributed by atoms with E-state index in [1.54, 1.807) is 31.4 Å². The molecule has 0 atom stereocenters. The van der Waals surface area contributed by atoms with Crippen molar-refractivity contribution in [2.45, 2.75) is 13.8 Å². The Morgan fingerprint density at radius 1 is 1.11 bits per heavy atom. The molecule has 0 aliphatic carbocycles. The van der Waals surface area contributed by atoms with E-state index in [1.807, 2.05) is 26.0 Å². The van der Waals surface area contributed by atoms with Gasteiger partial charge in [0.15, 0.2) is 6.61 Å². The first kappa shape index (κ1) is 20.9. The first-order chi connectivity index (χ1) is 12.9. The fourth-order valence-corrected chi connectivity index (χ4v) is 3.29. The molecule has 0 unspecified atom stereocenters. The highest BCUT2D eigenvalue weighted by Gasteiger charge is 2.14. The normalized spacial score (nSPS) is 10.4. The highest BCUT2D eigenvalue weighted by molar-refractivity contribution is 9.10. The lowest BCUT2D eigenvalue weighted by molar-refractivity contribution is -0.118. The predicted molar refractivity (Wildman–Crippen MR) is 108 cm³/mol. The number of carbonyl (C=O) groups excluding carboxylic acids is 2. The number of rotatable bonds is 8. The molecule has 0 aliphatic rings. The summed E-state index contributed by atoms with van der Waals surface area (Å²) in [5.41, 5.74) is 2.70. The third-order valence-corrected chi connectivity index (χ3v) is 4.27. The van der Waals surface area contributed by atoms with Crippen LogP contribution < -0.4 is 15.4 Å². The number of benzene rings is 2. The van der Waals surface area contributed by atoms with E-state index in [1.165, 1.54) is 0 Å². The van der Waals surface area contributed by atoms with E-state index >= 15 is 0 Å². The molecule has 6 nitrogen and oxygen atoms in total. The second kappa shape index (κ2) is 10.1. The highest BCUT2D eigenvalue weighted by Crippen LogP contribution is 2.27. The van der Waals surface area contributed by atoms with Crippen LogP contribution in [0.25, 0.3) is 0 Å². The van der Waals surface area contributed by atoms with Crippen molar-refractivity contribution < 1.29 is 19.1 Å². The maximum absolute atomic E-state index is 12.3. The molecule has 0 saturated carbocycles. The molecule has 2 amide bonds. The van der Waals surface area contributed by atoms with E-state index in [0.29, 0.717) is 30.2 Å². The van der Waals surface area contributed by atoms with Crippen LogP contribution in [0.4, 0.5) is 5.69 Å². The largest absolute Gasteiger partial charge is 0.483 e. The van der Waals surface area contributed by atoms with Crippen LogP contribution in [0.2, 0.25) is 0 Å². The first-order valence-electron chi connectivity index (χ1n) is 8.48. The highest BCUT2D eigenvalue weighted by atomic mass is 79.9. The molecule has 27 heavy (non-hydrogen) atoms. The summed E-state index contributed by atoms with van der Waals surface area (Å²) in [5, 5.41) is 5.48. The molecule has 144 valence electrons. The molecule has 2 N–H and O–H groups in total. The molecule has 2 aromatic carbocycles. The Balaban J connectivity index is 2.01. The van der Waals surface area contributed by atoms with E-state index in [-0.39, 0.29) is 18.4 Å². The van der Waals surface area contributed by atoms with Gasteiger partial charge in [0.2, 0.25) is 0 Å². The van der Waals surface area contributed by atoms with Gasteiger partial charge in [0.1, 0.15) is 5.75 Å². The predicted octanol–water partition coefficient (Wildman–Crippen LogP) is 3.46. The molecular weight excluding hydrogens is 412 g/mol. The van der Waals surface area contributed by atoms with Gasteiger partial charge in [-0.25, -0.2) is 0 Å². The fourth-order valence-electron chi connectivity index (χ4n) is 2.60. The monoisotopic (exact) mass is 434 g/mol. The smallest absolute Gasteiger partial charge is 0.262 e. The Hall–Kier alpha value is -2.38. The van der Waals surface area contributed by atoms with Crippen LogP contribution in [0.1, 0.15) is 21.5 Å². The van der Waals surface area contributed by atoms with E-state index in [2.05, 4.69) is 26.6 Å². The van der Waals surface area contributed by atoms with Crippen LogP contribution in [0.5, 0.6) is 5.75 Å². The quantitative estimate of drug-likeness (QED) is 0.623. The summed E-state index contributed by atoms with van der Waals surface area (Å²) in [4.78, 5) is 24.6. The summed E-state index contributed by atoms with van der Waals surface area (Å²) in [6, 6.07) is 10.7. The zero-order valence-electron chi connectivity index (χ0n) is 15.6. The van der Waals surface area contributed by atoms with E-state index in [9.17, 15) is 9.59 Å². The lowest BCUT2D eigenvalue weighted by Crippen LogP contribution is -2.29. The van der Waals surface area contributed by atoms with Gasteiger partial charge in [-0.2, -0.15) is 0 Å². The van der Waals surface area contributed by atoms with Crippen LogP contribution >= 0.6 is 15.9 Å². The number of aryl methyl sites for hydroxylation is 2. The lowest BCUT2D eigenvalue weighted by Gasteiger charge is -2.14. The molecule has 0 aromatic heterocycles. The van der Waals surface area contributed by atoms with E-state index in [4.69, 9.17) is 9.47 Å². The molecular formula is C20H23BrN2O4. The van der Waals surface area contributed by atoms with Gasteiger partial charge in [0.25, 0.3) is 11.8 Å².